The zero-order valence-electron chi connectivity index (χ0n) is 17.6. The van der Waals surface area contributed by atoms with Crippen LogP contribution in [0.15, 0.2) is 79.1 Å². The Morgan fingerprint density at radius 1 is 1.00 bits per heavy atom. The first kappa shape index (κ1) is 19.7. The van der Waals surface area contributed by atoms with E-state index in [-0.39, 0.29) is 5.91 Å². The standard InChI is InChI=1S/C25H22N6O/c1-2-23-28-21-13-12-20(24(32)29-25-26-16-27-30-25)14-22(21)31(23)15-17-8-10-19(11-9-17)18-6-4-3-5-7-18/h3-14,16H,2,15H2,1H3,(H2,26,27,29,30,32). The highest BCUT2D eigenvalue weighted by Gasteiger charge is 2.14. The molecule has 32 heavy (non-hydrogen) atoms. The van der Waals surface area contributed by atoms with E-state index in [0.29, 0.717) is 18.1 Å². The van der Waals surface area contributed by atoms with Gasteiger partial charge in [-0.15, -0.1) is 10.2 Å². The lowest BCUT2D eigenvalue weighted by Crippen LogP contribution is -2.13. The number of aromatic nitrogens is 5. The van der Waals surface area contributed by atoms with Gasteiger partial charge in [0.2, 0.25) is 5.95 Å². The molecule has 0 fully saturated rings. The average molecular weight is 422 g/mol. The van der Waals surface area contributed by atoms with Crippen LogP contribution in [0.1, 0.15) is 28.7 Å². The summed E-state index contributed by atoms with van der Waals surface area (Å²) in [5.41, 5.74) is 5.90. The molecule has 3 aromatic carbocycles. The highest BCUT2D eigenvalue weighted by Crippen LogP contribution is 2.23. The molecule has 5 rings (SSSR count). The van der Waals surface area contributed by atoms with Gasteiger partial charge in [0.1, 0.15) is 12.2 Å². The number of rotatable bonds is 6. The fraction of sp³-hybridized carbons (Fsp3) is 0.120. The molecule has 7 nitrogen and oxygen atoms in total. The molecule has 2 heterocycles. The molecule has 7 heteroatoms. The Hall–Kier alpha value is -4.26. The van der Waals surface area contributed by atoms with E-state index in [1.807, 2.05) is 30.3 Å². The summed E-state index contributed by atoms with van der Waals surface area (Å²) in [5.74, 6) is 1.05. The minimum atomic E-state index is -0.248. The molecule has 0 atom stereocenters. The van der Waals surface area contributed by atoms with Crippen molar-refractivity contribution in [3.05, 3.63) is 96.1 Å². The largest absolute Gasteiger partial charge is 0.323 e. The lowest BCUT2D eigenvalue weighted by molar-refractivity contribution is 0.102. The quantitative estimate of drug-likeness (QED) is 0.416. The van der Waals surface area contributed by atoms with Gasteiger partial charge in [-0.3, -0.25) is 10.1 Å². The second-order valence-corrected chi connectivity index (χ2v) is 7.53. The van der Waals surface area contributed by atoms with Crippen LogP contribution in [0.2, 0.25) is 0 Å². The number of carbonyl (C=O) groups is 1. The molecule has 2 aromatic heterocycles. The summed E-state index contributed by atoms with van der Waals surface area (Å²) in [5, 5.41) is 10.2. The van der Waals surface area contributed by atoms with Crippen molar-refractivity contribution in [1.82, 2.24) is 24.7 Å². The summed E-state index contributed by atoms with van der Waals surface area (Å²) >= 11 is 0. The molecule has 0 saturated heterocycles. The Kier molecular flexibility index (Phi) is 5.21. The summed E-state index contributed by atoms with van der Waals surface area (Å²) in [7, 11) is 0. The van der Waals surface area contributed by atoms with E-state index in [9.17, 15) is 4.79 Å². The third-order valence-corrected chi connectivity index (χ3v) is 5.46. The van der Waals surface area contributed by atoms with E-state index < -0.39 is 0 Å². The van der Waals surface area contributed by atoms with Crippen LogP contribution >= 0.6 is 0 Å². The van der Waals surface area contributed by atoms with Crippen molar-refractivity contribution >= 4 is 22.9 Å². The second-order valence-electron chi connectivity index (χ2n) is 7.53. The fourth-order valence-electron chi connectivity index (χ4n) is 3.82. The zero-order chi connectivity index (χ0) is 21.9. The Morgan fingerprint density at radius 2 is 1.78 bits per heavy atom. The molecule has 0 aliphatic rings. The van der Waals surface area contributed by atoms with Crippen molar-refractivity contribution in [2.45, 2.75) is 19.9 Å². The van der Waals surface area contributed by atoms with Gasteiger partial charge < -0.3 is 9.55 Å². The van der Waals surface area contributed by atoms with Crippen LogP contribution in [-0.2, 0) is 13.0 Å². The van der Waals surface area contributed by atoms with E-state index in [2.05, 4.69) is 68.4 Å². The van der Waals surface area contributed by atoms with Gasteiger partial charge in [-0.25, -0.2) is 4.98 Å². The summed E-state index contributed by atoms with van der Waals surface area (Å²) in [6.45, 7) is 2.77. The molecule has 0 radical (unpaired) electrons. The smallest absolute Gasteiger partial charge is 0.258 e. The first-order chi connectivity index (χ1) is 15.7. The van der Waals surface area contributed by atoms with Gasteiger partial charge in [0, 0.05) is 18.5 Å². The maximum absolute atomic E-state index is 12.6. The summed E-state index contributed by atoms with van der Waals surface area (Å²) in [4.78, 5) is 20.2. The van der Waals surface area contributed by atoms with E-state index >= 15 is 0 Å². The number of benzene rings is 3. The predicted molar refractivity (Wildman–Crippen MR) is 124 cm³/mol. The third-order valence-electron chi connectivity index (χ3n) is 5.46. The molecular formula is C25H22N6O. The number of hydrogen-bond donors (Lipinski definition) is 2. The van der Waals surface area contributed by atoms with E-state index in [0.717, 1.165) is 23.3 Å². The molecule has 0 bridgehead atoms. The summed E-state index contributed by atoms with van der Waals surface area (Å²) in [6, 6.07) is 24.5. The van der Waals surface area contributed by atoms with E-state index in [1.165, 1.54) is 23.0 Å². The molecule has 0 aliphatic carbocycles. The minimum Gasteiger partial charge on any atom is -0.323 e. The lowest BCUT2D eigenvalue weighted by Gasteiger charge is -2.10. The predicted octanol–water partition coefficient (Wildman–Crippen LogP) is 4.68. The molecule has 5 aromatic rings. The zero-order valence-corrected chi connectivity index (χ0v) is 17.6. The number of carbonyl (C=O) groups excluding carboxylic acids is 1. The van der Waals surface area contributed by atoms with E-state index in [4.69, 9.17) is 4.98 Å². The topological polar surface area (TPSA) is 88.5 Å². The molecule has 1 amide bonds. The van der Waals surface area contributed by atoms with Gasteiger partial charge in [0.05, 0.1) is 11.0 Å². The van der Waals surface area contributed by atoms with Gasteiger partial charge in [0.15, 0.2) is 0 Å². The highest BCUT2D eigenvalue weighted by atomic mass is 16.1. The van der Waals surface area contributed by atoms with Crippen LogP contribution in [0.5, 0.6) is 0 Å². The van der Waals surface area contributed by atoms with Crippen LogP contribution in [0.4, 0.5) is 5.95 Å². The second kappa shape index (κ2) is 8.47. The normalized spacial score (nSPS) is 11.0. The number of hydrogen-bond acceptors (Lipinski definition) is 4. The Morgan fingerprint density at radius 3 is 2.50 bits per heavy atom. The Labute approximate surface area is 185 Å². The molecule has 0 spiro atoms. The molecule has 2 N–H and O–H groups in total. The van der Waals surface area contributed by atoms with Crippen molar-refractivity contribution in [1.29, 1.82) is 0 Å². The number of nitrogens with one attached hydrogen (secondary N) is 2. The molecular weight excluding hydrogens is 400 g/mol. The van der Waals surface area contributed by atoms with Gasteiger partial charge in [0.25, 0.3) is 5.91 Å². The van der Waals surface area contributed by atoms with Crippen LogP contribution in [0.3, 0.4) is 0 Å². The number of amides is 1. The first-order valence-corrected chi connectivity index (χ1v) is 10.5. The van der Waals surface area contributed by atoms with Crippen LogP contribution < -0.4 is 5.32 Å². The number of aromatic amines is 1. The molecule has 0 aliphatic heterocycles. The van der Waals surface area contributed by atoms with Crippen molar-refractivity contribution < 1.29 is 4.79 Å². The van der Waals surface area contributed by atoms with Gasteiger partial charge in [-0.05, 0) is 34.9 Å². The van der Waals surface area contributed by atoms with Crippen LogP contribution in [-0.4, -0.2) is 30.6 Å². The number of fused-ring (bicyclic) bond motifs is 1. The van der Waals surface area contributed by atoms with Gasteiger partial charge in [-0.2, -0.15) is 0 Å². The van der Waals surface area contributed by atoms with E-state index in [1.54, 1.807) is 6.07 Å². The van der Waals surface area contributed by atoms with Crippen LogP contribution in [0, 0.1) is 0 Å². The molecule has 0 saturated carbocycles. The molecule has 0 unspecified atom stereocenters. The monoisotopic (exact) mass is 422 g/mol. The number of nitrogens with zero attached hydrogens (tertiary/aromatic N) is 4. The number of anilines is 1. The van der Waals surface area contributed by atoms with Crippen molar-refractivity contribution in [3.8, 4) is 11.1 Å². The van der Waals surface area contributed by atoms with Crippen molar-refractivity contribution in [2.75, 3.05) is 5.32 Å². The molecule has 158 valence electrons. The van der Waals surface area contributed by atoms with Crippen molar-refractivity contribution in [2.24, 2.45) is 0 Å². The highest BCUT2D eigenvalue weighted by molar-refractivity contribution is 6.05. The number of aryl methyl sites for hydroxylation is 1. The Balaban J connectivity index is 1.45. The summed E-state index contributed by atoms with van der Waals surface area (Å²) in [6.07, 6.45) is 2.22. The SMILES string of the molecule is CCc1nc2ccc(C(=O)Nc3nnc[nH]3)cc2n1Cc1ccc(-c2ccccc2)cc1. The van der Waals surface area contributed by atoms with Gasteiger partial charge in [-0.1, -0.05) is 61.5 Å². The fourth-order valence-corrected chi connectivity index (χ4v) is 3.82. The summed E-state index contributed by atoms with van der Waals surface area (Å²) < 4.78 is 2.18. The third kappa shape index (κ3) is 3.88. The van der Waals surface area contributed by atoms with Crippen LogP contribution in [0.25, 0.3) is 22.2 Å². The average Bonchev–Trinajstić information content (AvgIpc) is 3.47. The number of imidazole rings is 1. The lowest BCUT2D eigenvalue weighted by atomic mass is 10.0. The Bertz CT molecular complexity index is 1360. The minimum absolute atomic E-state index is 0.248. The first-order valence-electron chi connectivity index (χ1n) is 10.5. The maximum Gasteiger partial charge on any atom is 0.258 e. The van der Waals surface area contributed by atoms with Crippen molar-refractivity contribution in [3.63, 3.8) is 0 Å². The number of H-pyrrole nitrogens is 1. The van der Waals surface area contributed by atoms with Gasteiger partial charge >= 0.3 is 0 Å². The maximum atomic E-state index is 12.6.